The third kappa shape index (κ3) is 2.58. The van der Waals surface area contributed by atoms with E-state index in [1.165, 1.54) is 6.07 Å². The minimum atomic E-state index is -0.490. The van der Waals surface area contributed by atoms with E-state index in [2.05, 4.69) is 0 Å². The Labute approximate surface area is 93.4 Å². The summed E-state index contributed by atoms with van der Waals surface area (Å²) in [6.45, 7) is 0. The van der Waals surface area contributed by atoms with Crippen molar-refractivity contribution in [1.29, 1.82) is 5.26 Å². The summed E-state index contributed by atoms with van der Waals surface area (Å²) in [5.74, 6) is 0. The molecule has 0 spiro atoms. The van der Waals surface area contributed by atoms with Crippen LogP contribution in [0.15, 0.2) is 30.5 Å². The van der Waals surface area contributed by atoms with Crippen molar-refractivity contribution in [3.63, 3.8) is 0 Å². The second-order valence-corrected chi connectivity index (χ2v) is 3.39. The Kier molecular flexibility index (Phi) is 3.62. The number of benzene rings is 1. The number of hydrogen-bond donors (Lipinski definition) is 0. The zero-order valence-electron chi connectivity index (χ0n) is 9.04. The van der Waals surface area contributed by atoms with Crippen LogP contribution in [0.3, 0.4) is 0 Å². The standard InChI is InChI=1S/C11H11N3O2/c1-13(2)8-9(7-12)10-5-3-4-6-11(10)14(15)16/h3-6,8H,1-2H3/b9-8-. The number of nitro groups is 1. The lowest BCUT2D eigenvalue weighted by atomic mass is 10.1. The maximum Gasteiger partial charge on any atom is 0.277 e. The first-order valence-electron chi connectivity index (χ1n) is 4.58. The third-order valence-electron chi connectivity index (χ3n) is 1.90. The quantitative estimate of drug-likeness (QED) is 0.441. The molecule has 0 atom stereocenters. The average molecular weight is 217 g/mol. The maximum atomic E-state index is 10.8. The van der Waals surface area contributed by atoms with Gasteiger partial charge in [-0.2, -0.15) is 5.26 Å². The van der Waals surface area contributed by atoms with Gasteiger partial charge < -0.3 is 4.90 Å². The number of rotatable bonds is 3. The largest absolute Gasteiger partial charge is 0.382 e. The molecule has 0 saturated heterocycles. The van der Waals surface area contributed by atoms with Crippen molar-refractivity contribution in [3.05, 3.63) is 46.1 Å². The summed E-state index contributed by atoms with van der Waals surface area (Å²) in [4.78, 5) is 12.0. The van der Waals surface area contributed by atoms with Crippen molar-refractivity contribution in [2.75, 3.05) is 14.1 Å². The second kappa shape index (κ2) is 4.94. The molecule has 0 aliphatic heterocycles. The lowest BCUT2D eigenvalue weighted by molar-refractivity contribution is -0.385. The number of allylic oxidation sites excluding steroid dienone is 1. The molecule has 82 valence electrons. The highest BCUT2D eigenvalue weighted by Gasteiger charge is 2.15. The van der Waals surface area contributed by atoms with E-state index in [1.807, 2.05) is 6.07 Å². The molecule has 1 aromatic carbocycles. The van der Waals surface area contributed by atoms with Crippen molar-refractivity contribution in [3.8, 4) is 6.07 Å². The summed E-state index contributed by atoms with van der Waals surface area (Å²) in [6, 6.07) is 8.16. The van der Waals surface area contributed by atoms with E-state index in [0.29, 0.717) is 5.56 Å². The molecule has 0 aliphatic rings. The van der Waals surface area contributed by atoms with Crippen molar-refractivity contribution in [1.82, 2.24) is 4.90 Å². The predicted octanol–water partition coefficient (Wildman–Crippen LogP) is 2.02. The van der Waals surface area contributed by atoms with E-state index in [4.69, 9.17) is 5.26 Å². The Morgan fingerprint density at radius 1 is 1.50 bits per heavy atom. The van der Waals surface area contributed by atoms with Crippen molar-refractivity contribution in [2.24, 2.45) is 0 Å². The van der Waals surface area contributed by atoms with Gasteiger partial charge in [-0.3, -0.25) is 10.1 Å². The third-order valence-corrected chi connectivity index (χ3v) is 1.90. The highest BCUT2D eigenvalue weighted by Crippen LogP contribution is 2.25. The highest BCUT2D eigenvalue weighted by atomic mass is 16.6. The number of nitriles is 1. The van der Waals surface area contributed by atoms with Crippen LogP contribution >= 0.6 is 0 Å². The molecule has 5 heteroatoms. The molecule has 0 fully saturated rings. The minimum absolute atomic E-state index is 0.0582. The monoisotopic (exact) mass is 217 g/mol. The molecule has 0 saturated carbocycles. The molecule has 5 nitrogen and oxygen atoms in total. The molecule has 0 N–H and O–H groups in total. The Morgan fingerprint density at radius 3 is 2.62 bits per heavy atom. The summed E-state index contributed by atoms with van der Waals surface area (Å²) in [5.41, 5.74) is 0.554. The summed E-state index contributed by atoms with van der Waals surface area (Å²) >= 11 is 0. The highest BCUT2D eigenvalue weighted by molar-refractivity contribution is 5.81. The average Bonchev–Trinajstić information content (AvgIpc) is 2.25. The Hall–Kier alpha value is -2.35. The normalized spacial score (nSPS) is 10.7. The van der Waals surface area contributed by atoms with E-state index in [1.54, 1.807) is 43.4 Å². The van der Waals surface area contributed by atoms with Crippen molar-refractivity contribution in [2.45, 2.75) is 0 Å². The molecular formula is C11H11N3O2. The van der Waals surface area contributed by atoms with Gasteiger partial charge >= 0.3 is 0 Å². The summed E-state index contributed by atoms with van der Waals surface area (Å²) in [6.07, 6.45) is 1.56. The van der Waals surface area contributed by atoms with Gasteiger partial charge in [0, 0.05) is 26.4 Å². The molecule has 0 unspecified atom stereocenters. The van der Waals surface area contributed by atoms with Gasteiger partial charge in [-0.15, -0.1) is 0 Å². The molecular weight excluding hydrogens is 206 g/mol. The zero-order chi connectivity index (χ0) is 12.1. The fourth-order valence-electron chi connectivity index (χ4n) is 1.28. The van der Waals surface area contributed by atoms with Crippen LogP contribution in [-0.4, -0.2) is 23.9 Å². The molecule has 0 aliphatic carbocycles. The van der Waals surface area contributed by atoms with E-state index < -0.39 is 4.92 Å². The van der Waals surface area contributed by atoms with Gasteiger partial charge in [-0.1, -0.05) is 12.1 Å². The fourth-order valence-corrected chi connectivity index (χ4v) is 1.28. The first-order chi connectivity index (χ1) is 7.56. The number of nitrogens with zero attached hydrogens (tertiary/aromatic N) is 3. The van der Waals surface area contributed by atoms with Crippen LogP contribution in [0.1, 0.15) is 5.56 Å². The van der Waals surface area contributed by atoms with Crippen LogP contribution in [0.2, 0.25) is 0 Å². The van der Waals surface area contributed by atoms with E-state index in [-0.39, 0.29) is 11.3 Å². The Bertz CT molecular complexity index is 472. The first-order valence-corrected chi connectivity index (χ1v) is 4.58. The topological polar surface area (TPSA) is 70.2 Å². The number of para-hydroxylation sites is 1. The lowest BCUT2D eigenvalue weighted by Gasteiger charge is -2.06. The number of hydrogen-bond acceptors (Lipinski definition) is 4. The number of nitro benzene ring substituents is 1. The fraction of sp³-hybridized carbons (Fsp3) is 0.182. The van der Waals surface area contributed by atoms with Crippen LogP contribution < -0.4 is 0 Å². The van der Waals surface area contributed by atoms with Gasteiger partial charge in [0.15, 0.2) is 0 Å². The van der Waals surface area contributed by atoms with Gasteiger partial charge in [-0.05, 0) is 6.07 Å². The van der Waals surface area contributed by atoms with Crippen LogP contribution in [0, 0.1) is 21.4 Å². The first kappa shape index (κ1) is 11.7. The van der Waals surface area contributed by atoms with Gasteiger partial charge in [0.25, 0.3) is 5.69 Å². The molecule has 1 rings (SSSR count). The SMILES string of the molecule is CN(C)/C=C(/C#N)c1ccccc1[N+](=O)[O-]. The molecule has 0 bridgehead atoms. The van der Waals surface area contributed by atoms with Gasteiger partial charge in [0.2, 0.25) is 0 Å². The lowest BCUT2D eigenvalue weighted by Crippen LogP contribution is -2.03. The summed E-state index contributed by atoms with van der Waals surface area (Å²) < 4.78 is 0. The maximum absolute atomic E-state index is 10.8. The van der Waals surface area contributed by atoms with Gasteiger partial charge in [0.1, 0.15) is 6.07 Å². The smallest absolute Gasteiger partial charge is 0.277 e. The molecule has 1 aromatic rings. The van der Waals surface area contributed by atoms with Crippen LogP contribution in [0.4, 0.5) is 5.69 Å². The van der Waals surface area contributed by atoms with Crippen molar-refractivity contribution < 1.29 is 4.92 Å². The second-order valence-electron chi connectivity index (χ2n) is 3.39. The van der Waals surface area contributed by atoms with Crippen LogP contribution in [-0.2, 0) is 0 Å². The molecule has 0 amide bonds. The Morgan fingerprint density at radius 2 is 2.12 bits per heavy atom. The Balaban J connectivity index is 3.32. The van der Waals surface area contributed by atoms with Crippen LogP contribution in [0.5, 0.6) is 0 Å². The molecule has 0 radical (unpaired) electrons. The molecule has 16 heavy (non-hydrogen) atoms. The summed E-state index contributed by atoms with van der Waals surface area (Å²) in [5, 5.41) is 19.8. The van der Waals surface area contributed by atoms with Gasteiger partial charge in [-0.25, -0.2) is 0 Å². The molecule has 0 aromatic heterocycles. The summed E-state index contributed by atoms with van der Waals surface area (Å²) in [7, 11) is 3.51. The van der Waals surface area contributed by atoms with Gasteiger partial charge in [0.05, 0.1) is 16.1 Å². The zero-order valence-corrected chi connectivity index (χ0v) is 9.04. The molecule has 0 heterocycles. The van der Waals surface area contributed by atoms with E-state index >= 15 is 0 Å². The van der Waals surface area contributed by atoms with E-state index in [0.717, 1.165) is 0 Å². The van der Waals surface area contributed by atoms with Crippen LogP contribution in [0.25, 0.3) is 5.57 Å². The van der Waals surface area contributed by atoms with E-state index in [9.17, 15) is 10.1 Å². The van der Waals surface area contributed by atoms with Crippen molar-refractivity contribution >= 4 is 11.3 Å². The minimum Gasteiger partial charge on any atom is -0.382 e. The predicted molar refractivity (Wildman–Crippen MR) is 60.4 cm³/mol.